The highest BCUT2D eigenvalue weighted by Gasteiger charge is 2.43. The molecule has 2 N–H and O–H groups in total. The zero-order valence-corrected chi connectivity index (χ0v) is 13.2. The van der Waals surface area contributed by atoms with Crippen LogP contribution in [0.2, 0.25) is 0 Å². The highest BCUT2D eigenvalue weighted by atomic mass is 19.4. The van der Waals surface area contributed by atoms with Gasteiger partial charge in [-0.3, -0.25) is 9.80 Å². The molecule has 1 aliphatic heterocycles. The van der Waals surface area contributed by atoms with E-state index in [1.54, 1.807) is 0 Å². The van der Waals surface area contributed by atoms with Crippen LogP contribution in [0.4, 0.5) is 13.2 Å². The van der Waals surface area contributed by atoms with E-state index in [9.17, 15) is 13.2 Å². The maximum absolute atomic E-state index is 12.4. The number of hydrogen-bond donors (Lipinski definition) is 1. The lowest BCUT2D eigenvalue weighted by atomic mass is 9.68. The van der Waals surface area contributed by atoms with Crippen molar-refractivity contribution >= 4 is 0 Å². The maximum atomic E-state index is 12.4. The van der Waals surface area contributed by atoms with Crippen LogP contribution < -0.4 is 5.73 Å². The molecule has 1 saturated heterocycles. The molecule has 21 heavy (non-hydrogen) atoms. The largest absolute Gasteiger partial charge is 0.401 e. The molecule has 1 aliphatic carbocycles. The van der Waals surface area contributed by atoms with Crippen molar-refractivity contribution in [2.75, 3.05) is 39.3 Å². The first kappa shape index (κ1) is 17.0. The third-order valence-corrected chi connectivity index (χ3v) is 5.36. The van der Waals surface area contributed by atoms with E-state index in [4.69, 9.17) is 5.73 Å². The predicted molar refractivity (Wildman–Crippen MR) is 78.1 cm³/mol. The lowest BCUT2D eigenvalue weighted by molar-refractivity contribution is -0.151. The van der Waals surface area contributed by atoms with E-state index in [0.717, 1.165) is 25.7 Å². The fraction of sp³-hybridized carbons (Fsp3) is 1.00. The first-order chi connectivity index (χ1) is 9.66. The zero-order chi connectivity index (χ0) is 15.7. The second-order valence-corrected chi connectivity index (χ2v) is 7.47. The van der Waals surface area contributed by atoms with Crippen LogP contribution in [-0.4, -0.2) is 60.8 Å². The Hall–Kier alpha value is -0.330. The van der Waals surface area contributed by atoms with Crippen LogP contribution >= 0.6 is 0 Å². The molecule has 1 saturated carbocycles. The Bertz CT molecular complexity index is 337. The van der Waals surface area contributed by atoms with Crippen LogP contribution in [0.15, 0.2) is 0 Å². The van der Waals surface area contributed by atoms with Gasteiger partial charge in [-0.25, -0.2) is 0 Å². The number of hydrogen-bond acceptors (Lipinski definition) is 3. The van der Waals surface area contributed by atoms with E-state index >= 15 is 0 Å². The van der Waals surface area contributed by atoms with Crippen molar-refractivity contribution < 1.29 is 13.2 Å². The second-order valence-electron chi connectivity index (χ2n) is 7.47. The zero-order valence-electron chi connectivity index (χ0n) is 13.2. The highest BCUT2D eigenvalue weighted by molar-refractivity contribution is 4.99. The van der Waals surface area contributed by atoms with Gasteiger partial charge in [0, 0.05) is 38.3 Å². The first-order valence-corrected chi connectivity index (χ1v) is 7.90. The summed E-state index contributed by atoms with van der Waals surface area (Å²) in [7, 11) is 0. The lowest BCUT2D eigenvalue weighted by Gasteiger charge is -2.52. The molecule has 0 aromatic heterocycles. The Morgan fingerprint density at radius 2 is 1.48 bits per heavy atom. The highest BCUT2D eigenvalue weighted by Crippen LogP contribution is 2.42. The summed E-state index contributed by atoms with van der Waals surface area (Å²) < 4.78 is 37.3. The average molecular weight is 307 g/mol. The van der Waals surface area contributed by atoms with Crippen molar-refractivity contribution in [1.29, 1.82) is 0 Å². The van der Waals surface area contributed by atoms with Gasteiger partial charge in [0.2, 0.25) is 0 Å². The summed E-state index contributed by atoms with van der Waals surface area (Å²) in [6.45, 7) is 6.78. The van der Waals surface area contributed by atoms with E-state index in [-0.39, 0.29) is 5.54 Å². The van der Waals surface area contributed by atoms with Crippen LogP contribution in [0, 0.1) is 5.41 Å². The first-order valence-electron chi connectivity index (χ1n) is 7.90. The molecule has 1 heterocycles. The summed E-state index contributed by atoms with van der Waals surface area (Å²) in [5, 5.41) is 0. The molecule has 2 rings (SSSR count). The quantitative estimate of drug-likeness (QED) is 0.869. The Balaban J connectivity index is 1.91. The molecule has 2 fully saturated rings. The van der Waals surface area contributed by atoms with Gasteiger partial charge in [-0.05, 0) is 31.1 Å². The summed E-state index contributed by atoms with van der Waals surface area (Å²) in [4.78, 5) is 3.86. The van der Waals surface area contributed by atoms with Gasteiger partial charge in [-0.2, -0.15) is 13.2 Å². The normalized spacial score (nSPS) is 27.7. The third kappa shape index (κ3) is 4.33. The predicted octanol–water partition coefficient (Wildman–Crippen LogP) is 2.46. The van der Waals surface area contributed by atoms with Crippen molar-refractivity contribution in [3.05, 3.63) is 0 Å². The van der Waals surface area contributed by atoms with Crippen molar-refractivity contribution in [1.82, 2.24) is 9.80 Å². The van der Waals surface area contributed by atoms with Gasteiger partial charge in [0.15, 0.2) is 0 Å². The minimum Gasteiger partial charge on any atom is -0.329 e. The number of rotatable bonds is 3. The number of halogens is 3. The van der Waals surface area contributed by atoms with Crippen LogP contribution in [0.3, 0.4) is 0 Å². The van der Waals surface area contributed by atoms with E-state index in [2.05, 4.69) is 18.7 Å². The summed E-state index contributed by atoms with van der Waals surface area (Å²) in [5.74, 6) is 0. The van der Waals surface area contributed by atoms with E-state index < -0.39 is 12.7 Å². The fourth-order valence-electron chi connectivity index (χ4n) is 3.68. The molecule has 0 unspecified atom stereocenters. The van der Waals surface area contributed by atoms with E-state index in [1.165, 1.54) is 4.90 Å². The van der Waals surface area contributed by atoms with Gasteiger partial charge in [-0.15, -0.1) is 0 Å². The SMILES string of the molecule is CC1(C)CCC(CN)(N2CCN(CC(F)(F)F)CC2)CC1. The van der Waals surface area contributed by atoms with Crippen molar-refractivity contribution in [3.8, 4) is 0 Å². The number of alkyl halides is 3. The molecular weight excluding hydrogens is 279 g/mol. The minimum absolute atomic E-state index is 0.0137. The van der Waals surface area contributed by atoms with Gasteiger partial charge in [0.05, 0.1) is 6.54 Å². The van der Waals surface area contributed by atoms with Gasteiger partial charge >= 0.3 is 6.18 Å². The smallest absolute Gasteiger partial charge is 0.329 e. The third-order valence-electron chi connectivity index (χ3n) is 5.36. The number of nitrogens with zero attached hydrogens (tertiary/aromatic N) is 2. The molecule has 0 spiro atoms. The van der Waals surface area contributed by atoms with Crippen molar-refractivity contribution in [2.24, 2.45) is 11.1 Å². The van der Waals surface area contributed by atoms with Crippen molar-refractivity contribution in [3.63, 3.8) is 0 Å². The number of piperazine rings is 1. The van der Waals surface area contributed by atoms with Crippen LogP contribution in [0.1, 0.15) is 39.5 Å². The Labute approximate surface area is 125 Å². The summed E-state index contributed by atoms with van der Waals surface area (Å²) in [5.41, 5.74) is 6.44. The molecule has 6 heteroatoms. The lowest BCUT2D eigenvalue weighted by Crippen LogP contribution is -2.62. The average Bonchev–Trinajstić information content (AvgIpc) is 2.39. The van der Waals surface area contributed by atoms with Gasteiger partial charge < -0.3 is 5.73 Å². The Kier molecular flexibility index (Phi) is 4.90. The van der Waals surface area contributed by atoms with E-state index in [1.807, 2.05) is 0 Å². The van der Waals surface area contributed by atoms with Crippen LogP contribution in [0.25, 0.3) is 0 Å². The Morgan fingerprint density at radius 3 is 1.90 bits per heavy atom. The number of nitrogens with two attached hydrogens (primary N) is 1. The summed E-state index contributed by atoms with van der Waals surface area (Å²) in [6, 6.07) is 0. The molecule has 0 aromatic carbocycles. The Morgan fingerprint density at radius 1 is 0.952 bits per heavy atom. The standard InChI is InChI=1S/C15H28F3N3/c1-13(2)3-5-14(11-19,6-4-13)21-9-7-20(8-10-21)12-15(16,17)18/h3-12,19H2,1-2H3. The van der Waals surface area contributed by atoms with Crippen LogP contribution in [-0.2, 0) is 0 Å². The topological polar surface area (TPSA) is 32.5 Å². The molecule has 3 nitrogen and oxygen atoms in total. The monoisotopic (exact) mass is 307 g/mol. The van der Waals surface area contributed by atoms with E-state index in [0.29, 0.717) is 38.1 Å². The summed E-state index contributed by atoms with van der Waals surface area (Å²) >= 11 is 0. The molecule has 124 valence electrons. The molecule has 0 bridgehead atoms. The molecule has 0 atom stereocenters. The molecule has 2 aliphatic rings. The summed E-state index contributed by atoms with van der Waals surface area (Å²) in [6.07, 6.45) is 0.327. The van der Waals surface area contributed by atoms with Gasteiger partial charge in [0.25, 0.3) is 0 Å². The molecule has 0 aromatic rings. The van der Waals surface area contributed by atoms with Crippen LogP contribution in [0.5, 0.6) is 0 Å². The minimum atomic E-state index is -4.09. The fourth-order valence-corrected chi connectivity index (χ4v) is 3.68. The molecule has 0 amide bonds. The van der Waals surface area contributed by atoms with Crippen molar-refractivity contribution in [2.45, 2.75) is 51.2 Å². The maximum Gasteiger partial charge on any atom is 0.401 e. The molecular formula is C15H28F3N3. The van der Waals surface area contributed by atoms with Gasteiger partial charge in [-0.1, -0.05) is 13.8 Å². The second kappa shape index (κ2) is 6.05. The molecule has 0 radical (unpaired) electrons. The van der Waals surface area contributed by atoms with Gasteiger partial charge in [0.1, 0.15) is 0 Å².